The summed E-state index contributed by atoms with van der Waals surface area (Å²) in [5.41, 5.74) is 1.07. The molecule has 1 heterocycles. The molecule has 0 aliphatic carbocycles. The Hall–Kier alpha value is -1.51. The van der Waals surface area contributed by atoms with Crippen LogP contribution in [0.1, 0.15) is 18.9 Å². The highest BCUT2D eigenvalue weighted by Gasteiger charge is 2.27. The van der Waals surface area contributed by atoms with Gasteiger partial charge in [-0.3, -0.25) is 9.78 Å². The van der Waals surface area contributed by atoms with Crippen LogP contribution in [-0.4, -0.2) is 44.8 Å². The monoisotopic (exact) mass is 315 g/mol. The van der Waals surface area contributed by atoms with E-state index in [-0.39, 0.29) is 6.54 Å². The smallest absolute Gasteiger partial charge is 0.325 e. The summed E-state index contributed by atoms with van der Waals surface area (Å²) in [5, 5.41) is 1.98. The van der Waals surface area contributed by atoms with Gasteiger partial charge in [0.05, 0.1) is 7.11 Å². The van der Waals surface area contributed by atoms with E-state index in [0.29, 0.717) is 19.5 Å². The molecule has 2 N–H and O–H groups in total. The van der Waals surface area contributed by atoms with Gasteiger partial charge in [0.25, 0.3) is 0 Å². The number of methoxy groups -OCH3 is 1. The standard InChI is InChI=1S/C13H21N3O4S/c1-11(13(17)20-2)21(18,19)16-8-4-7-15-10-12-5-3-6-14-9-12/h3,5-6,9,11,15-16H,4,7-8,10H2,1-2H3. The quantitative estimate of drug-likeness (QED) is 0.493. The van der Waals surface area contributed by atoms with Crippen molar-refractivity contribution < 1.29 is 17.9 Å². The summed E-state index contributed by atoms with van der Waals surface area (Å²) in [6.45, 7) is 2.90. The second-order valence-electron chi connectivity index (χ2n) is 4.50. The van der Waals surface area contributed by atoms with E-state index in [0.717, 1.165) is 12.7 Å². The molecule has 0 saturated heterocycles. The maximum absolute atomic E-state index is 11.7. The summed E-state index contributed by atoms with van der Waals surface area (Å²) >= 11 is 0. The Labute approximate surface area is 125 Å². The minimum absolute atomic E-state index is 0.268. The first kappa shape index (κ1) is 17.5. The minimum Gasteiger partial charge on any atom is -0.468 e. The molecule has 118 valence electrons. The predicted octanol–water partition coefficient (Wildman–Crippen LogP) is 0.0422. The number of carbonyl (C=O) groups is 1. The molecule has 0 aliphatic rings. The van der Waals surface area contributed by atoms with Crippen LogP contribution in [-0.2, 0) is 26.1 Å². The third kappa shape index (κ3) is 6.19. The molecule has 0 radical (unpaired) electrons. The van der Waals surface area contributed by atoms with E-state index in [1.165, 1.54) is 6.92 Å². The van der Waals surface area contributed by atoms with Gasteiger partial charge in [0.1, 0.15) is 0 Å². The fraction of sp³-hybridized carbons (Fsp3) is 0.538. The van der Waals surface area contributed by atoms with Crippen LogP contribution in [0.3, 0.4) is 0 Å². The lowest BCUT2D eigenvalue weighted by atomic mass is 10.3. The van der Waals surface area contributed by atoms with Crippen LogP contribution in [0.25, 0.3) is 0 Å². The lowest BCUT2D eigenvalue weighted by Crippen LogP contribution is -2.39. The molecule has 0 aromatic carbocycles. The molecule has 0 aliphatic heterocycles. The Morgan fingerprint density at radius 1 is 1.43 bits per heavy atom. The molecule has 0 amide bonds. The number of ether oxygens (including phenoxy) is 1. The van der Waals surface area contributed by atoms with Crippen molar-refractivity contribution in [1.82, 2.24) is 15.0 Å². The molecular weight excluding hydrogens is 294 g/mol. The number of nitrogens with zero attached hydrogens (tertiary/aromatic N) is 1. The molecule has 1 rings (SSSR count). The van der Waals surface area contributed by atoms with Crippen LogP contribution in [0.2, 0.25) is 0 Å². The summed E-state index contributed by atoms with van der Waals surface area (Å²) in [5.74, 6) is -0.766. The van der Waals surface area contributed by atoms with E-state index in [2.05, 4.69) is 19.8 Å². The number of esters is 1. The van der Waals surface area contributed by atoms with Crippen LogP contribution in [0.5, 0.6) is 0 Å². The van der Waals surface area contributed by atoms with Crippen LogP contribution in [0, 0.1) is 0 Å². The second kappa shape index (κ2) is 8.71. The Morgan fingerprint density at radius 3 is 2.81 bits per heavy atom. The van der Waals surface area contributed by atoms with E-state index < -0.39 is 21.2 Å². The van der Waals surface area contributed by atoms with Gasteiger partial charge in [-0.15, -0.1) is 0 Å². The number of pyridine rings is 1. The Kier molecular flexibility index (Phi) is 7.27. The summed E-state index contributed by atoms with van der Waals surface area (Å²) in [7, 11) is -2.51. The van der Waals surface area contributed by atoms with E-state index in [1.807, 2.05) is 12.1 Å². The molecule has 1 unspecified atom stereocenters. The second-order valence-corrected chi connectivity index (χ2v) is 6.58. The van der Waals surface area contributed by atoms with Gasteiger partial charge >= 0.3 is 5.97 Å². The Morgan fingerprint density at radius 2 is 2.19 bits per heavy atom. The highest BCUT2D eigenvalue weighted by Crippen LogP contribution is 2.00. The first-order valence-corrected chi connectivity index (χ1v) is 8.18. The van der Waals surface area contributed by atoms with Gasteiger partial charge in [-0.25, -0.2) is 13.1 Å². The Balaban J connectivity index is 2.20. The fourth-order valence-corrected chi connectivity index (χ4v) is 2.61. The topological polar surface area (TPSA) is 97.4 Å². The third-order valence-electron chi connectivity index (χ3n) is 2.88. The lowest BCUT2D eigenvalue weighted by Gasteiger charge is -2.12. The number of nitrogens with one attached hydrogen (secondary N) is 2. The lowest BCUT2D eigenvalue weighted by molar-refractivity contribution is -0.139. The molecule has 1 aromatic rings. The van der Waals surface area contributed by atoms with E-state index in [9.17, 15) is 13.2 Å². The number of hydrogen-bond donors (Lipinski definition) is 2. The first-order valence-electron chi connectivity index (χ1n) is 6.63. The van der Waals surface area contributed by atoms with Crippen LogP contribution in [0.4, 0.5) is 0 Å². The number of aromatic nitrogens is 1. The first-order chi connectivity index (χ1) is 9.97. The molecule has 0 fully saturated rings. The molecule has 1 aromatic heterocycles. The number of rotatable bonds is 9. The van der Waals surface area contributed by atoms with Crippen LogP contribution >= 0.6 is 0 Å². The summed E-state index contributed by atoms with van der Waals surface area (Å²) < 4.78 is 30.3. The van der Waals surface area contributed by atoms with E-state index in [1.54, 1.807) is 12.4 Å². The van der Waals surface area contributed by atoms with Crippen molar-refractivity contribution in [3.8, 4) is 0 Å². The van der Waals surface area contributed by atoms with Crippen molar-refractivity contribution >= 4 is 16.0 Å². The van der Waals surface area contributed by atoms with Crippen molar-refractivity contribution in [3.05, 3.63) is 30.1 Å². The van der Waals surface area contributed by atoms with Gasteiger partial charge in [-0.2, -0.15) is 0 Å². The molecule has 0 saturated carbocycles. The average Bonchev–Trinajstić information content (AvgIpc) is 2.50. The SMILES string of the molecule is COC(=O)C(C)S(=O)(=O)NCCCNCc1cccnc1. The van der Waals surface area contributed by atoms with Crippen molar-refractivity contribution in [3.63, 3.8) is 0 Å². The molecule has 1 atom stereocenters. The van der Waals surface area contributed by atoms with Crippen LogP contribution in [0.15, 0.2) is 24.5 Å². The molecule has 8 heteroatoms. The van der Waals surface area contributed by atoms with Gasteiger partial charge in [-0.1, -0.05) is 6.07 Å². The molecule has 0 bridgehead atoms. The third-order valence-corrected chi connectivity index (χ3v) is 4.61. The normalized spacial score (nSPS) is 12.9. The Bertz CT molecular complexity index is 534. The van der Waals surface area contributed by atoms with Crippen molar-refractivity contribution in [1.29, 1.82) is 0 Å². The molecule has 7 nitrogen and oxygen atoms in total. The average molecular weight is 315 g/mol. The van der Waals surface area contributed by atoms with E-state index in [4.69, 9.17) is 0 Å². The van der Waals surface area contributed by atoms with Crippen molar-refractivity contribution in [2.75, 3.05) is 20.2 Å². The molecule has 0 spiro atoms. The number of hydrogen-bond acceptors (Lipinski definition) is 6. The van der Waals surface area contributed by atoms with Crippen molar-refractivity contribution in [2.24, 2.45) is 0 Å². The van der Waals surface area contributed by atoms with Gasteiger partial charge in [-0.05, 0) is 31.5 Å². The zero-order valence-corrected chi connectivity index (χ0v) is 13.0. The summed E-state index contributed by atoms with van der Waals surface area (Å²) in [6.07, 6.45) is 4.10. The fourth-order valence-electron chi connectivity index (χ4n) is 1.58. The highest BCUT2D eigenvalue weighted by molar-refractivity contribution is 7.90. The number of sulfonamides is 1. The minimum atomic E-state index is -3.67. The maximum atomic E-state index is 11.7. The van der Waals surface area contributed by atoms with E-state index >= 15 is 0 Å². The molecular formula is C13H21N3O4S. The van der Waals surface area contributed by atoms with Gasteiger partial charge in [0, 0.05) is 25.5 Å². The van der Waals surface area contributed by atoms with Crippen molar-refractivity contribution in [2.45, 2.75) is 25.1 Å². The number of carbonyl (C=O) groups excluding carboxylic acids is 1. The van der Waals surface area contributed by atoms with Gasteiger partial charge in [0.2, 0.25) is 10.0 Å². The zero-order chi connectivity index (χ0) is 15.7. The largest absolute Gasteiger partial charge is 0.468 e. The van der Waals surface area contributed by atoms with Crippen LogP contribution < -0.4 is 10.0 Å². The molecule has 21 heavy (non-hydrogen) atoms. The summed E-state index contributed by atoms with van der Waals surface area (Å²) in [6, 6.07) is 3.82. The predicted molar refractivity (Wildman–Crippen MR) is 79.0 cm³/mol. The maximum Gasteiger partial charge on any atom is 0.325 e. The van der Waals surface area contributed by atoms with Gasteiger partial charge in [0.15, 0.2) is 5.25 Å². The van der Waals surface area contributed by atoms with Gasteiger partial charge < -0.3 is 10.1 Å². The zero-order valence-electron chi connectivity index (χ0n) is 12.2. The summed E-state index contributed by atoms with van der Waals surface area (Å²) in [4.78, 5) is 15.2. The highest BCUT2D eigenvalue weighted by atomic mass is 32.2.